The first-order valence-electron chi connectivity index (χ1n) is 6.44. The molecule has 120 valence electrons. The topological polar surface area (TPSA) is 58.6 Å². The number of hydrogen-bond acceptors (Lipinski definition) is 4. The molecule has 1 atom stereocenters. The molecule has 1 aliphatic heterocycles. The Labute approximate surface area is 140 Å². The van der Waals surface area contributed by atoms with Gasteiger partial charge in [-0.15, -0.1) is 12.4 Å². The van der Waals surface area contributed by atoms with Crippen LogP contribution in [0.15, 0.2) is 21.5 Å². The molecule has 1 fully saturated rings. The van der Waals surface area contributed by atoms with Gasteiger partial charge in [0.25, 0.3) is 0 Å². The Bertz CT molecular complexity index is 610. The molecule has 0 aromatic heterocycles. The van der Waals surface area contributed by atoms with Crippen molar-refractivity contribution in [3.8, 4) is 5.75 Å². The second kappa shape index (κ2) is 7.28. The number of nitrogens with zero attached hydrogens (tertiary/aromatic N) is 1. The van der Waals surface area contributed by atoms with Gasteiger partial charge >= 0.3 is 0 Å². The molecular weight excluding hydrogens is 380 g/mol. The number of nitrogens with one attached hydrogen (secondary N) is 1. The highest BCUT2D eigenvalue weighted by molar-refractivity contribution is 9.10. The van der Waals surface area contributed by atoms with Gasteiger partial charge in [0.2, 0.25) is 10.0 Å². The van der Waals surface area contributed by atoms with E-state index >= 15 is 0 Å². The van der Waals surface area contributed by atoms with Gasteiger partial charge in [-0.1, -0.05) is 15.9 Å². The lowest BCUT2D eigenvalue weighted by molar-refractivity contribution is 0.282. The maximum absolute atomic E-state index is 12.8. The molecule has 0 saturated carbocycles. The van der Waals surface area contributed by atoms with Crippen LogP contribution in [-0.2, 0) is 10.0 Å². The van der Waals surface area contributed by atoms with E-state index in [4.69, 9.17) is 4.74 Å². The molecule has 0 radical (unpaired) electrons. The minimum absolute atomic E-state index is 0. The van der Waals surface area contributed by atoms with Gasteiger partial charge in [0.15, 0.2) is 0 Å². The lowest BCUT2D eigenvalue weighted by atomic mass is 10.2. The van der Waals surface area contributed by atoms with Crippen molar-refractivity contribution in [1.29, 1.82) is 0 Å². The van der Waals surface area contributed by atoms with Crippen molar-refractivity contribution >= 4 is 38.4 Å². The molecule has 2 rings (SSSR count). The Kier molecular flexibility index (Phi) is 6.49. The number of rotatable bonds is 3. The Morgan fingerprint density at radius 1 is 1.43 bits per heavy atom. The summed E-state index contributed by atoms with van der Waals surface area (Å²) in [5.41, 5.74) is 0.939. The molecule has 5 nitrogen and oxygen atoms in total. The molecule has 1 N–H and O–H groups in total. The predicted octanol–water partition coefficient (Wildman–Crippen LogP) is 2.17. The van der Waals surface area contributed by atoms with E-state index in [9.17, 15) is 8.42 Å². The summed E-state index contributed by atoms with van der Waals surface area (Å²) in [6.07, 6.45) is 0. The number of piperazine rings is 1. The molecule has 1 aromatic carbocycles. The summed E-state index contributed by atoms with van der Waals surface area (Å²) in [6.45, 7) is 5.60. The van der Waals surface area contributed by atoms with Crippen LogP contribution < -0.4 is 10.1 Å². The number of methoxy groups -OCH3 is 1. The minimum atomic E-state index is -3.55. The summed E-state index contributed by atoms with van der Waals surface area (Å²) < 4.78 is 33.2. The zero-order valence-electron chi connectivity index (χ0n) is 12.2. The average Bonchev–Trinajstić information content (AvgIpc) is 2.41. The van der Waals surface area contributed by atoms with Crippen LogP contribution in [0.3, 0.4) is 0 Å². The van der Waals surface area contributed by atoms with E-state index in [1.165, 1.54) is 11.4 Å². The fourth-order valence-electron chi connectivity index (χ4n) is 2.30. The SMILES string of the molecule is COc1cc(C)c(Br)cc1S(=O)(=O)N1CCNC[C@H]1C.Cl. The first kappa shape index (κ1) is 18.7. The second-order valence-electron chi connectivity index (χ2n) is 4.92. The molecule has 8 heteroatoms. The molecule has 21 heavy (non-hydrogen) atoms. The quantitative estimate of drug-likeness (QED) is 0.846. The summed E-state index contributed by atoms with van der Waals surface area (Å²) in [5, 5.41) is 3.19. The van der Waals surface area contributed by atoms with Crippen molar-refractivity contribution in [3.05, 3.63) is 22.2 Å². The van der Waals surface area contributed by atoms with Gasteiger partial charge < -0.3 is 10.1 Å². The normalized spacial score (nSPS) is 19.9. The molecule has 0 bridgehead atoms. The maximum Gasteiger partial charge on any atom is 0.247 e. The monoisotopic (exact) mass is 398 g/mol. The third-order valence-corrected chi connectivity index (χ3v) is 6.36. The van der Waals surface area contributed by atoms with Gasteiger partial charge in [-0.3, -0.25) is 0 Å². The Hall–Kier alpha value is -0.340. The van der Waals surface area contributed by atoms with Crippen LogP contribution in [0.2, 0.25) is 0 Å². The van der Waals surface area contributed by atoms with E-state index in [-0.39, 0.29) is 23.3 Å². The van der Waals surface area contributed by atoms with Gasteiger partial charge in [0, 0.05) is 30.1 Å². The van der Waals surface area contributed by atoms with Crippen LogP contribution >= 0.6 is 28.3 Å². The number of benzene rings is 1. The van der Waals surface area contributed by atoms with Crippen molar-refractivity contribution in [2.24, 2.45) is 0 Å². The van der Waals surface area contributed by atoms with E-state index in [1.807, 2.05) is 13.8 Å². The highest BCUT2D eigenvalue weighted by atomic mass is 79.9. The van der Waals surface area contributed by atoms with Gasteiger partial charge in [-0.25, -0.2) is 8.42 Å². The first-order chi connectivity index (χ1) is 9.37. The minimum Gasteiger partial charge on any atom is -0.495 e. The molecule has 0 amide bonds. The highest BCUT2D eigenvalue weighted by Gasteiger charge is 2.33. The van der Waals surface area contributed by atoms with Crippen LogP contribution in [0.25, 0.3) is 0 Å². The van der Waals surface area contributed by atoms with Crippen molar-refractivity contribution in [2.45, 2.75) is 24.8 Å². The van der Waals surface area contributed by atoms with E-state index in [2.05, 4.69) is 21.2 Å². The summed E-state index contributed by atoms with van der Waals surface area (Å²) in [7, 11) is -2.07. The predicted molar refractivity (Wildman–Crippen MR) is 88.9 cm³/mol. The first-order valence-corrected chi connectivity index (χ1v) is 8.68. The third kappa shape index (κ3) is 3.71. The molecule has 0 spiro atoms. The van der Waals surface area contributed by atoms with E-state index < -0.39 is 10.0 Å². The molecule has 1 aliphatic rings. The molecular formula is C13H20BrClN2O3S. The standard InChI is InChI=1S/C13H19BrN2O3S.ClH/c1-9-6-12(19-3)13(7-11(9)14)20(17,18)16-5-4-15-8-10(16)2;/h6-7,10,15H,4-5,8H2,1-3H3;1H/t10-;/m1./s1. The van der Waals surface area contributed by atoms with Crippen molar-refractivity contribution in [1.82, 2.24) is 9.62 Å². The Balaban J connectivity index is 0.00000220. The van der Waals surface area contributed by atoms with Gasteiger partial charge in [0.05, 0.1) is 7.11 Å². The zero-order valence-corrected chi connectivity index (χ0v) is 15.4. The van der Waals surface area contributed by atoms with Gasteiger partial charge in [0.1, 0.15) is 10.6 Å². The summed E-state index contributed by atoms with van der Waals surface area (Å²) in [4.78, 5) is 0.214. The number of aryl methyl sites for hydroxylation is 1. The Morgan fingerprint density at radius 3 is 2.67 bits per heavy atom. The summed E-state index contributed by atoms with van der Waals surface area (Å²) in [6, 6.07) is 3.29. The van der Waals surface area contributed by atoms with Crippen LogP contribution in [0.4, 0.5) is 0 Å². The van der Waals surface area contributed by atoms with Crippen molar-refractivity contribution < 1.29 is 13.2 Å². The lowest BCUT2D eigenvalue weighted by Crippen LogP contribution is -2.52. The zero-order chi connectivity index (χ0) is 14.9. The fraction of sp³-hybridized carbons (Fsp3) is 0.538. The summed E-state index contributed by atoms with van der Waals surface area (Å²) in [5.74, 6) is 0.386. The van der Waals surface area contributed by atoms with Crippen molar-refractivity contribution in [2.75, 3.05) is 26.7 Å². The van der Waals surface area contributed by atoms with Crippen molar-refractivity contribution in [3.63, 3.8) is 0 Å². The molecule has 1 saturated heterocycles. The van der Waals surface area contributed by atoms with E-state index in [0.29, 0.717) is 25.4 Å². The number of halogens is 2. The fourth-order valence-corrected chi connectivity index (χ4v) is 4.59. The Morgan fingerprint density at radius 2 is 2.10 bits per heavy atom. The van der Waals surface area contributed by atoms with Crippen LogP contribution in [0.1, 0.15) is 12.5 Å². The van der Waals surface area contributed by atoms with Gasteiger partial charge in [-0.2, -0.15) is 4.31 Å². The molecule has 0 unspecified atom stereocenters. The lowest BCUT2D eigenvalue weighted by Gasteiger charge is -2.33. The van der Waals surface area contributed by atoms with Gasteiger partial charge in [-0.05, 0) is 31.5 Å². The smallest absolute Gasteiger partial charge is 0.247 e. The van der Waals surface area contributed by atoms with Crippen LogP contribution in [0, 0.1) is 6.92 Å². The molecule has 0 aliphatic carbocycles. The maximum atomic E-state index is 12.8. The summed E-state index contributed by atoms with van der Waals surface area (Å²) >= 11 is 3.39. The van der Waals surface area contributed by atoms with E-state index in [0.717, 1.165) is 10.0 Å². The average molecular weight is 400 g/mol. The molecule has 1 heterocycles. The second-order valence-corrected chi connectivity index (χ2v) is 7.63. The number of sulfonamides is 1. The number of hydrogen-bond donors (Lipinski definition) is 1. The number of ether oxygens (including phenoxy) is 1. The van der Waals surface area contributed by atoms with Crippen LogP contribution in [-0.4, -0.2) is 45.5 Å². The van der Waals surface area contributed by atoms with E-state index in [1.54, 1.807) is 12.1 Å². The van der Waals surface area contributed by atoms with Crippen LogP contribution in [0.5, 0.6) is 5.75 Å². The third-order valence-electron chi connectivity index (χ3n) is 3.47. The highest BCUT2D eigenvalue weighted by Crippen LogP contribution is 2.33. The largest absolute Gasteiger partial charge is 0.495 e. The molecule has 1 aromatic rings.